The molecule has 0 saturated heterocycles. The molecular formula is C19H25BrO4. The Labute approximate surface area is 152 Å². The highest BCUT2D eigenvalue weighted by Gasteiger charge is 2.21. The topological polar surface area (TPSA) is 36.9 Å². The minimum absolute atomic E-state index is 0.104. The zero-order valence-corrected chi connectivity index (χ0v) is 16.3. The summed E-state index contributed by atoms with van der Waals surface area (Å²) in [6, 6.07) is 9.89. The largest absolute Gasteiger partial charge is 0.494 e. The van der Waals surface area contributed by atoms with Crippen LogP contribution >= 0.6 is 15.9 Å². The van der Waals surface area contributed by atoms with Crippen molar-refractivity contribution in [3.8, 4) is 17.2 Å². The molecule has 0 radical (unpaired) electrons. The average molecular weight is 397 g/mol. The van der Waals surface area contributed by atoms with Gasteiger partial charge in [-0.05, 0) is 42.5 Å². The Bertz CT molecular complexity index is 659. The van der Waals surface area contributed by atoms with Crippen LogP contribution in [0.15, 0.2) is 30.3 Å². The van der Waals surface area contributed by atoms with E-state index < -0.39 is 0 Å². The van der Waals surface area contributed by atoms with Crippen LogP contribution in [0.4, 0.5) is 0 Å². The summed E-state index contributed by atoms with van der Waals surface area (Å²) in [6.45, 7) is 4.88. The monoisotopic (exact) mass is 396 g/mol. The van der Waals surface area contributed by atoms with Gasteiger partial charge in [-0.3, -0.25) is 0 Å². The second-order valence-corrected chi connectivity index (χ2v) is 6.65. The fraction of sp³-hybridized carbons (Fsp3) is 0.474. The van der Waals surface area contributed by atoms with Gasteiger partial charge in [0.2, 0.25) is 6.29 Å². The maximum absolute atomic E-state index is 6.02. The van der Waals surface area contributed by atoms with Crippen molar-refractivity contribution in [2.45, 2.75) is 37.8 Å². The lowest BCUT2D eigenvalue weighted by molar-refractivity contribution is -0.0536. The van der Waals surface area contributed by atoms with E-state index in [1.165, 1.54) is 0 Å². The Kier molecular flexibility index (Phi) is 7.18. The van der Waals surface area contributed by atoms with Crippen LogP contribution in [0.5, 0.6) is 17.2 Å². The summed E-state index contributed by atoms with van der Waals surface area (Å²) in [4.78, 5) is 0.104. The quantitative estimate of drug-likeness (QED) is 0.433. The van der Waals surface area contributed by atoms with Crippen LogP contribution in [0.25, 0.3) is 10.8 Å². The predicted molar refractivity (Wildman–Crippen MR) is 101 cm³/mol. The Balaban J connectivity index is 2.34. The Hall–Kier alpha value is -1.46. The Morgan fingerprint density at radius 3 is 2.50 bits per heavy atom. The molecule has 2 aromatic carbocycles. The number of fused-ring (bicyclic) bond motifs is 1. The summed E-state index contributed by atoms with van der Waals surface area (Å²) >= 11 is 3.58. The van der Waals surface area contributed by atoms with Gasteiger partial charge in [-0.15, -0.1) is 0 Å². The fourth-order valence-corrected chi connectivity index (χ4v) is 2.78. The number of benzene rings is 2. The minimum Gasteiger partial charge on any atom is -0.494 e. The molecule has 2 atom stereocenters. The molecule has 2 unspecified atom stereocenters. The normalized spacial score (nSPS) is 13.5. The summed E-state index contributed by atoms with van der Waals surface area (Å²) in [5, 5.41) is 2.03. The summed E-state index contributed by atoms with van der Waals surface area (Å²) in [5.74, 6) is 2.23. The van der Waals surface area contributed by atoms with Crippen molar-refractivity contribution in [3.05, 3.63) is 30.3 Å². The van der Waals surface area contributed by atoms with Crippen LogP contribution in [-0.4, -0.2) is 31.9 Å². The summed E-state index contributed by atoms with van der Waals surface area (Å²) in [5.41, 5.74) is 0. The van der Waals surface area contributed by atoms with Crippen molar-refractivity contribution in [1.82, 2.24) is 0 Å². The molecule has 0 aliphatic rings. The smallest absolute Gasteiger partial charge is 0.212 e. The lowest BCUT2D eigenvalue weighted by atomic mass is 10.1. The molecule has 0 saturated carbocycles. The molecule has 5 heteroatoms. The molecule has 0 aliphatic carbocycles. The van der Waals surface area contributed by atoms with E-state index >= 15 is 0 Å². The molecule has 0 fully saturated rings. The summed E-state index contributed by atoms with van der Waals surface area (Å²) in [7, 11) is 3.29. The molecular weight excluding hydrogens is 372 g/mol. The lowest BCUT2D eigenvalue weighted by Gasteiger charge is -2.23. The zero-order valence-electron chi connectivity index (χ0n) is 14.7. The van der Waals surface area contributed by atoms with Gasteiger partial charge in [-0.2, -0.15) is 0 Å². The number of hydrogen-bond acceptors (Lipinski definition) is 4. The van der Waals surface area contributed by atoms with Gasteiger partial charge >= 0.3 is 0 Å². The molecule has 0 aromatic heterocycles. The second kappa shape index (κ2) is 9.14. The first kappa shape index (κ1) is 18.9. The van der Waals surface area contributed by atoms with Gasteiger partial charge in [0.05, 0.1) is 18.5 Å². The highest BCUT2D eigenvalue weighted by atomic mass is 79.9. The fourth-order valence-electron chi connectivity index (χ4n) is 2.46. The molecule has 0 heterocycles. The maximum atomic E-state index is 6.02. The van der Waals surface area contributed by atoms with E-state index in [4.69, 9.17) is 18.9 Å². The predicted octanol–water partition coefficient (Wildman–Crippen LogP) is 5.16. The van der Waals surface area contributed by atoms with Gasteiger partial charge in [0, 0.05) is 12.5 Å². The number of ether oxygens (including phenoxy) is 4. The molecule has 2 rings (SSSR count). The highest BCUT2D eigenvalue weighted by Crippen LogP contribution is 2.38. The number of hydrogen-bond donors (Lipinski definition) is 0. The van der Waals surface area contributed by atoms with Gasteiger partial charge < -0.3 is 18.9 Å². The summed E-state index contributed by atoms with van der Waals surface area (Å²) < 4.78 is 22.8. The van der Waals surface area contributed by atoms with Crippen molar-refractivity contribution in [2.24, 2.45) is 0 Å². The minimum atomic E-state index is -0.381. The molecule has 132 valence electrons. The molecule has 0 aliphatic heterocycles. The molecule has 2 aromatic rings. The third-order valence-electron chi connectivity index (χ3n) is 3.74. The van der Waals surface area contributed by atoms with Crippen LogP contribution in [0.3, 0.4) is 0 Å². The number of rotatable bonds is 9. The van der Waals surface area contributed by atoms with E-state index in [0.717, 1.165) is 29.4 Å². The maximum Gasteiger partial charge on any atom is 0.212 e. The van der Waals surface area contributed by atoms with E-state index in [0.29, 0.717) is 18.1 Å². The number of methoxy groups -OCH3 is 2. The summed E-state index contributed by atoms with van der Waals surface area (Å²) in [6.07, 6.45) is 1.50. The van der Waals surface area contributed by atoms with Crippen LogP contribution in [-0.2, 0) is 4.74 Å². The van der Waals surface area contributed by atoms with Crippen LogP contribution in [0.1, 0.15) is 26.7 Å². The molecule has 4 nitrogen and oxygen atoms in total. The van der Waals surface area contributed by atoms with E-state index in [2.05, 4.69) is 29.8 Å². The number of alkyl halides is 1. The second-order valence-electron chi connectivity index (χ2n) is 5.47. The zero-order chi connectivity index (χ0) is 17.5. The van der Waals surface area contributed by atoms with Crippen molar-refractivity contribution in [2.75, 3.05) is 20.8 Å². The van der Waals surface area contributed by atoms with E-state index in [1.54, 1.807) is 14.2 Å². The first-order valence-corrected chi connectivity index (χ1v) is 9.13. The molecule has 24 heavy (non-hydrogen) atoms. The van der Waals surface area contributed by atoms with Gasteiger partial charge in [0.15, 0.2) is 11.5 Å². The Morgan fingerprint density at radius 2 is 1.88 bits per heavy atom. The molecule has 0 N–H and O–H groups in total. The standard InChI is InChI=1S/C19H25BrO4/c1-5-11-23-14-8-9-15-13(12-14)7-10-17(18(15)21-3)24-19(22-4)16(20)6-2/h7-10,12,16,19H,5-6,11H2,1-4H3. The van der Waals surface area contributed by atoms with Crippen molar-refractivity contribution in [1.29, 1.82) is 0 Å². The third-order valence-corrected chi connectivity index (χ3v) is 4.82. The average Bonchev–Trinajstić information content (AvgIpc) is 2.63. The third kappa shape index (κ3) is 4.33. The van der Waals surface area contributed by atoms with E-state index in [-0.39, 0.29) is 11.1 Å². The van der Waals surface area contributed by atoms with Gasteiger partial charge in [-0.1, -0.05) is 35.8 Å². The van der Waals surface area contributed by atoms with Gasteiger partial charge in [0.1, 0.15) is 5.75 Å². The van der Waals surface area contributed by atoms with Crippen molar-refractivity contribution in [3.63, 3.8) is 0 Å². The lowest BCUT2D eigenvalue weighted by Crippen LogP contribution is -2.29. The van der Waals surface area contributed by atoms with E-state index in [1.807, 2.05) is 30.3 Å². The highest BCUT2D eigenvalue weighted by molar-refractivity contribution is 9.09. The van der Waals surface area contributed by atoms with Gasteiger partial charge in [0.25, 0.3) is 0 Å². The first-order chi connectivity index (χ1) is 11.6. The van der Waals surface area contributed by atoms with Crippen LogP contribution in [0, 0.1) is 0 Å². The van der Waals surface area contributed by atoms with E-state index in [9.17, 15) is 0 Å². The van der Waals surface area contributed by atoms with Gasteiger partial charge in [-0.25, -0.2) is 0 Å². The molecule has 0 spiro atoms. The van der Waals surface area contributed by atoms with Crippen LogP contribution < -0.4 is 14.2 Å². The van der Waals surface area contributed by atoms with Crippen molar-refractivity contribution >= 4 is 26.7 Å². The Morgan fingerprint density at radius 1 is 1.08 bits per heavy atom. The SMILES string of the molecule is CCCOc1ccc2c(OC)c(OC(OC)C(Br)CC)ccc2c1. The molecule has 0 bridgehead atoms. The van der Waals surface area contributed by atoms with Crippen LogP contribution in [0.2, 0.25) is 0 Å². The first-order valence-electron chi connectivity index (χ1n) is 8.21. The number of halogens is 1. The van der Waals surface area contributed by atoms with Crippen molar-refractivity contribution < 1.29 is 18.9 Å². The molecule has 0 amide bonds.